The van der Waals surface area contributed by atoms with Crippen molar-refractivity contribution < 1.29 is 28.2 Å². The van der Waals surface area contributed by atoms with Gasteiger partial charge in [-0.15, -0.1) is 0 Å². The maximum Gasteiger partial charge on any atom is 0.336 e. The Morgan fingerprint density at radius 3 is 2.72 bits per heavy atom. The van der Waals surface area contributed by atoms with Crippen molar-refractivity contribution >= 4 is 22.8 Å². The lowest BCUT2D eigenvalue weighted by atomic mass is 9.91. The number of rotatable bonds is 8. The van der Waals surface area contributed by atoms with Crippen molar-refractivity contribution in [1.29, 1.82) is 0 Å². The molecule has 0 saturated carbocycles. The quantitative estimate of drug-likeness (QED) is 0.491. The molecule has 0 aliphatic carbocycles. The van der Waals surface area contributed by atoms with E-state index in [1.54, 1.807) is 6.07 Å². The molecule has 2 heterocycles. The Morgan fingerprint density at radius 2 is 2.03 bits per heavy atom. The van der Waals surface area contributed by atoms with E-state index in [2.05, 4.69) is 17.0 Å². The molecule has 0 spiro atoms. The van der Waals surface area contributed by atoms with Gasteiger partial charge in [0.25, 0.3) is 5.91 Å². The molecule has 174 valence electrons. The Labute approximate surface area is 187 Å². The van der Waals surface area contributed by atoms with Crippen molar-refractivity contribution in [2.75, 3.05) is 13.7 Å². The standard InChI is InChI=1S/C24H31NO7/c1-6-7-8-15-11-20(27)31-22-16-9-10-24(3,4)32-17(16)12-18(21(15)22)30-13-19(26)25-14(2)23(28)29-5/h11-12,14H,6-10,13H2,1-5H3,(H,25,26)/t14-/m0/s1. The van der Waals surface area contributed by atoms with Crippen molar-refractivity contribution in [1.82, 2.24) is 5.32 Å². The number of hydrogen-bond acceptors (Lipinski definition) is 7. The van der Waals surface area contributed by atoms with Crippen molar-refractivity contribution in [3.8, 4) is 11.5 Å². The normalized spacial score (nSPS) is 15.4. The molecule has 0 saturated heterocycles. The minimum atomic E-state index is -0.793. The molecule has 8 nitrogen and oxygen atoms in total. The molecular formula is C24H31NO7. The van der Waals surface area contributed by atoms with Crippen LogP contribution < -0.4 is 20.4 Å². The fraction of sp³-hybridized carbons (Fsp3) is 0.542. The third-order valence-corrected chi connectivity index (χ3v) is 5.58. The molecular weight excluding hydrogens is 414 g/mol. The van der Waals surface area contributed by atoms with Gasteiger partial charge in [-0.2, -0.15) is 0 Å². The topological polar surface area (TPSA) is 104 Å². The second kappa shape index (κ2) is 9.63. The second-order valence-electron chi connectivity index (χ2n) is 8.71. The summed E-state index contributed by atoms with van der Waals surface area (Å²) in [5.74, 6) is -0.0191. The number of hydrogen-bond donors (Lipinski definition) is 1. The average molecular weight is 446 g/mol. The predicted octanol–water partition coefficient (Wildman–Crippen LogP) is 3.30. The summed E-state index contributed by atoms with van der Waals surface area (Å²) in [6.07, 6.45) is 4.04. The number of methoxy groups -OCH3 is 1. The van der Waals surface area contributed by atoms with Crippen LogP contribution in [0.3, 0.4) is 0 Å². The van der Waals surface area contributed by atoms with Gasteiger partial charge >= 0.3 is 11.6 Å². The second-order valence-corrected chi connectivity index (χ2v) is 8.71. The Kier molecular flexibility index (Phi) is 7.11. The zero-order chi connectivity index (χ0) is 23.5. The fourth-order valence-electron chi connectivity index (χ4n) is 3.86. The SMILES string of the molecule is CCCCc1cc(=O)oc2c3c(cc(OCC(=O)N[C@@H](C)C(=O)OC)c12)OC(C)(C)CC3. The first-order chi connectivity index (χ1) is 15.1. The van der Waals surface area contributed by atoms with Gasteiger partial charge in [0.15, 0.2) is 6.61 Å². The number of esters is 1. The molecule has 3 rings (SSSR count). The Morgan fingerprint density at radius 1 is 1.28 bits per heavy atom. The van der Waals surface area contributed by atoms with Crippen LogP contribution in [0.4, 0.5) is 0 Å². The van der Waals surface area contributed by atoms with Crippen LogP contribution >= 0.6 is 0 Å². The highest BCUT2D eigenvalue weighted by atomic mass is 16.5. The van der Waals surface area contributed by atoms with Crippen LogP contribution in [0.5, 0.6) is 11.5 Å². The van der Waals surface area contributed by atoms with Crippen LogP contribution in [0.2, 0.25) is 0 Å². The van der Waals surface area contributed by atoms with E-state index in [1.165, 1.54) is 20.1 Å². The van der Waals surface area contributed by atoms with Gasteiger partial charge in [0.05, 0.1) is 12.5 Å². The Balaban J connectivity index is 2.01. The zero-order valence-corrected chi connectivity index (χ0v) is 19.3. The van der Waals surface area contributed by atoms with E-state index in [1.807, 2.05) is 13.8 Å². The number of nitrogens with one attached hydrogen (secondary N) is 1. The lowest BCUT2D eigenvalue weighted by Crippen LogP contribution is -2.41. The zero-order valence-electron chi connectivity index (χ0n) is 19.3. The van der Waals surface area contributed by atoms with Crippen molar-refractivity contribution in [3.05, 3.63) is 33.7 Å². The number of amides is 1. The summed E-state index contributed by atoms with van der Waals surface area (Å²) in [5.41, 5.74) is 1.33. The molecule has 2 aromatic rings. The maximum atomic E-state index is 12.3. The molecule has 1 aromatic carbocycles. The molecule has 0 bridgehead atoms. The monoisotopic (exact) mass is 445 g/mol. The lowest BCUT2D eigenvalue weighted by molar-refractivity contribution is -0.144. The number of carbonyl (C=O) groups excluding carboxylic acids is 2. The molecule has 32 heavy (non-hydrogen) atoms. The number of carbonyl (C=O) groups is 2. The van der Waals surface area contributed by atoms with Gasteiger partial charge in [-0.05, 0) is 52.0 Å². The van der Waals surface area contributed by atoms with Crippen LogP contribution in [-0.2, 0) is 27.2 Å². The third kappa shape index (κ3) is 5.23. The fourth-order valence-corrected chi connectivity index (χ4v) is 3.86. The van der Waals surface area contributed by atoms with Gasteiger partial charge in [-0.1, -0.05) is 13.3 Å². The molecule has 0 radical (unpaired) electrons. The Bertz CT molecular complexity index is 1070. The first-order valence-electron chi connectivity index (χ1n) is 11.0. The van der Waals surface area contributed by atoms with Crippen LogP contribution in [0.1, 0.15) is 58.1 Å². The largest absolute Gasteiger partial charge is 0.487 e. The van der Waals surface area contributed by atoms with E-state index >= 15 is 0 Å². The summed E-state index contributed by atoms with van der Waals surface area (Å²) in [5, 5.41) is 3.23. The van der Waals surface area contributed by atoms with Crippen LogP contribution in [0.25, 0.3) is 11.0 Å². The molecule has 1 N–H and O–H groups in total. The highest BCUT2D eigenvalue weighted by Crippen LogP contribution is 2.43. The first kappa shape index (κ1) is 23.6. The van der Waals surface area contributed by atoms with Crippen LogP contribution in [0, 0.1) is 0 Å². The molecule has 0 fully saturated rings. The summed E-state index contributed by atoms with van der Waals surface area (Å²) in [6.45, 7) is 7.29. The molecule has 1 atom stereocenters. The third-order valence-electron chi connectivity index (χ3n) is 5.58. The average Bonchev–Trinajstić information content (AvgIpc) is 2.73. The van der Waals surface area contributed by atoms with Gasteiger partial charge in [0.1, 0.15) is 28.7 Å². The number of unbranched alkanes of at least 4 members (excludes halogenated alkanes) is 1. The maximum absolute atomic E-state index is 12.3. The van der Waals surface area contributed by atoms with Gasteiger partial charge in [0, 0.05) is 17.7 Å². The number of benzene rings is 1. The van der Waals surface area contributed by atoms with Gasteiger partial charge in [-0.25, -0.2) is 9.59 Å². The van der Waals surface area contributed by atoms with Crippen molar-refractivity contribution in [2.24, 2.45) is 0 Å². The van der Waals surface area contributed by atoms with Crippen LogP contribution in [0.15, 0.2) is 21.3 Å². The van der Waals surface area contributed by atoms with Crippen LogP contribution in [-0.4, -0.2) is 37.2 Å². The molecule has 1 amide bonds. The number of fused-ring (bicyclic) bond motifs is 3. The van der Waals surface area contributed by atoms with Crippen molar-refractivity contribution in [2.45, 2.75) is 71.4 Å². The lowest BCUT2D eigenvalue weighted by Gasteiger charge is -2.33. The summed E-state index contributed by atoms with van der Waals surface area (Å²) >= 11 is 0. The molecule has 1 aromatic heterocycles. The Hall–Kier alpha value is -3.03. The van der Waals surface area contributed by atoms with E-state index < -0.39 is 23.5 Å². The van der Waals surface area contributed by atoms with E-state index in [4.69, 9.17) is 13.9 Å². The highest BCUT2D eigenvalue weighted by Gasteiger charge is 2.31. The van der Waals surface area contributed by atoms with Gasteiger partial charge in [-0.3, -0.25) is 4.79 Å². The van der Waals surface area contributed by atoms with Gasteiger partial charge in [0.2, 0.25) is 0 Å². The minimum Gasteiger partial charge on any atom is -0.487 e. The van der Waals surface area contributed by atoms with E-state index in [9.17, 15) is 14.4 Å². The summed E-state index contributed by atoms with van der Waals surface area (Å²) in [6, 6.07) is 2.47. The first-order valence-corrected chi connectivity index (χ1v) is 11.0. The predicted molar refractivity (Wildman–Crippen MR) is 119 cm³/mol. The minimum absolute atomic E-state index is 0.315. The number of ether oxygens (including phenoxy) is 3. The van der Waals surface area contributed by atoms with E-state index in [0.717, 1.165) is 30.4 Å². The van der Waals surface area contributed by atoms with E-state index in [-0.39, 0.29) is 12.2 Å². The summed E-state index contributed by atoms with van der Waals surface area (Å²) < 4.78 is 22.3. The van der Waals surface area contributed by atoms with E-state index in [0.29, 0.717) is 35.3 Å². The van der Waals surface area contributed by atoms with Crippen molar-refractivity contribution in [3.63, 3.8) is 0 Å². The molecule has 1 aliphatic heterocycles. The molecule has 8 heteroatoms. The highest BCUT2D eigenvalue weighted by molar-refractivity contribution is 5.92. The van der Waals surface area contributed by atoms with Gasteiger partial charge < -0.3 is 23.9 Å². The summed E-state index contributed by atoms with van der Waals surface area (Å²) in [4.78, 5) is 36.2. The molecule has 0 unspecified atom stereocenters. The summed E-state index contributed by atoms with van der Waals surface area (Å²) in [7, 11) is 1.26. The molecule has 1 aliphatic rings. The smallest absolute Gasteiger partial charge is 0.336 e. The number of aryl methyl sites for hydroxylation is 2.